The van der Waals surface area contributed by atoms with Crippen molar-refractivity contribution in [3.8, 4) is 0 Å². The minimum atomic E-state index is 0.596. The average Bonchev–Trinajstić information content (AvgIpc) is 2.00. The van der Waals surface area contributed by atoms with Crippen LogP contribution < -0.4 is 0 Å². The van der Waals surface area contributed by atoms with Crippen molar-refractivity contribution < 1.29 is 0 Å². The van der Waals surface area contributed by atoms with Crippen LogP contribution in [0.3, 0.4) is 0 Å². The van der Waals surface area contributed by atoms with E-state index in [-0.39, 0.29) is 0 Å². The number of rotatable bonds is 0. The standard InChI is InChI=1S/C12H22B/c1-10-6-4-5-7-11(2)9-12(3,8-10)13-11/h10H,4-9H2,1-3H3. The zero-order valence-corrected chi connectivity index (χ0v) is 9.40. The first-order chi connectivity index (χ1) is 6.02. The van der Waals surface area contributed by atoms with Gasteiger partial charge in [0.05, 0.1) is 0 Å². The molecule has 1 radical (unpaired) electrons. The average molecular weight is 177 g/mol. The zero-order chi connectivity index (χ0) is 9.53. The molecule has 1 aliphatic carbocycles. The zero-order valence-electron chi connectivity index (χ0n) is 9.40. The molecule has 3 rings (SSSR count). The third-order valence-electron chi connectivity index (χ3n) is 4.01. The second-order valence-corrected chi connectivity index (χ2v) is 6.18. The molecule has 2 bridgehead atoms. The lowest BCUT2D eigenvalue weighted by Gasteiger charge is -2.53. The van der Waals surface area contributed by atoms with Gasteiger partial charge in [-0.05, 0) is 5.92 Å². The van der Waals surface area contributed by atoms with Crippen LogP contribution in [0.4, 0.5) is 0 Å². The summed E-state index contributed by atoms with van der Waals surface area (Å²) in [6.45, 7) is 7.33. The van der Waals surface area contributed by atoms with Crippen LogP contribution in [0.2, 0.25) is 10.6 Å². The summed E-state index contributed by atoms with van der Waals surface area (Å²) in [6, 6.07) is 0. The lowest BCUT2D eigenvalue weighted by atomic mass is 9.24. The summed E-state index contributed by atoms with van der Waals surface area (Å²) in [5, 5.41) is 1.21. The van der Waals surface area contributed by atoms with E-state index in [1.54, 1.807) is 0 Å². The summed E-state index contributed by atoms with van der Waals surface area (Å²) >= 11 is 0. The number of hydrogen-bond acceptors (Lipinski definition) is 0. The molecular weight excluding hydrogens is 155 g/mol. The summed E-state index contributed by atoms with van der Waals surface area (Å²) in [7, 11) is 2.65. The van der Waals surface area contributed by atoms with Gasteiger partial charge in [0.1, 0.15) is 7.28 Å². The largest absolute Gasteiger partial charge is 0.125 e. The molecule has 3 fully saturated rings. The van der Waals surface area contributed by atoms with Crippen molar-refractivity contribution in [2.45, 2.75) is 69.9 Å². The quantitative estimate of drug-likeness (QED) is 0.489. The Morgan fingerprint density at radius 2 is 1.85 bits per heavy atom. The predicted octanol–water partition coefficient (Wildman–Crippen LogP) is 4.05. The molecule has 0 aromatic rings. The molecule has 2 saturated heterocycles. The van der Waals surface area contributed by atoms with Gasteiger partial charge in [-0.15, -0.1) is 0 Å². The Balaban J connectivity index is 2.03. The highest BCUT2D eigenvalue weighted by Gasteiger charge is 2.49. The van der Waals surface area contributed by atoms with Crippen LogP contribution in [0.15, 0.2) is 0 Å². The molecule has 0 aromatic carbocycles. The molecular formula is C12H22B. The van der Waals surface area contributed by atoms with Gasteiger partial charge in [-0.2, -0.15) is 0 Å². The van der Waals surface area contributed by atoms with E-state index < -0.39 is 0 Å². The first-order valence-electron chi connectivity index (χ1n) is 5.89. The van der Waals surface area contributed by atoms with Crippen molar-refractivity contribution in [1.82, 2.24) is 0 Å². The Morgan fingerprint density at radius 1 is 1.15 bits per heavy atom. The normalized spacial score (nSPS) is 50.8. The smallest absolute Gasteiger partial charge is 0.0669 e. The highest BCUT2D eigenvalue weighted by Crippen LogP contribution is 2.63. The van der Waals surface area contributed by atoms with E-state index in [9.17, 15) is 0 Å². The molecule has 1 heteroatoms. The molecule has 0 spiro atoms. The molecule has 13 heavy (non-hydrogen) atoms. The van der Waals surface area contributed by atoms with Crippen LogP contribution in [0, 0.1) is 5.92 Å². The molecule has 3 unspecified atom stereocenters. The molecule has 0 N–H and O–H groups in total. The predicted molar refractivity (Wildman–Crippen MR) is 59.4 cm³/mol. The third kappa shape index (κ3) is 1.95. The summed E-state index contributed by atoms with van der Waals surface area (Å²) in [6.07, 6.45) is 8.69. The fourth-order valence-electron chi connectivity index (χ4n) is 3.95. The van der Waals surface area contributed by atoms with Crippen LogP contribution in [0.5, 0.6) is 0 Å². The molecule has 3 aliphatic rings. The Bertz CT molecular complexity index is 186. The van der Waals surface area contributed by atoms with Crippen LogP contribution in [-0.4, -0.2) is 7.28 Å². The molecule has 0 amide bonds. The van der Waals surface area contributed by atoms with E-state index in [1.807, 2.05) is 0 Å². The van der Waals surface area contributed by atoms with E-state index in [0.717, 1.165) is 5.92 Å². The van der Waals surface area contributed by atoms with Crippen molar-refractivity contribution in [3.63, 3.8) is 0 Å². The molecule has 3 atom stereocenters. The molecule has 2 heterocycles. The lowest BCUT2D eigenvalue weighted by molar-refractivity contribution is 0.307. The Labute approximate surface area is 83.7 Å². The van der Waals surface area contributed by atoms with E-state index in [4.69, 9.17) is 0 Å². The maximum absolute atomic E-state index is 2.65. The van der Waals surface area contributed by atoms with Crippen molar-refractivity contribution in [1.29, 1.82) is 0 Å². The first-order valence-corrected chi connectivity index (χ1v) is 5.89. The summed E-state index contributed by atoms with van der Waals surface area (Å²) in [5.41, 5.74) is 0. The van der Waals surface area contributed by atoms with Crippen LogP contribution in [-0.2, 0) is 0 Å². The van der Waals surface area contributed by atoms with E-state index in [1.165, 1.54) is 38.5 Å². The number of hydrogen-bond donors (Lipinski definition) is 0. The highest BCUT2D eigenvalue weighted by molar-refractivity contribution is 6.48. The molecule has 73 valence electrons. The van der Waals surface area contributed by atoms with E-state index in [0.29, 0.717) is 10.6 Å². The molecule has 2 aliphatic heterocycles. The van der Waals surface area contributed by atoms with Gasteiger partial charge in [0.15, 0.2) is 0 Å². The SMILES string of the molecule is CC1CCCCC2(C)[B]C(C)(C1)C2. The second-order valence-electron chi connectivity index (χ2n) is 6.18. The van der Waals surface area contributed by atoms with Crippen LogP contribution in [0.25, 0.3) is 0 Å². The Hall–Kier alpha value is 0.0649. The Kier molecular flexibility index (Phi) is 2.24. The third-order valence-corrected chi connectivity index (χ3v) is 4.01. The van der Waals surface area contributed by atoms with Gasteiger partial charge >= 0.3 is 0 Å². The van der Waals surface area contributed by atoms with E-state index >= 15 is 0 Å². The van der Waals surface area contributed by atoms with Gasteiger partial charge in [-0.3, -0.25) is 0 Å². The van der Waals surface area contributed by atoms with Gasteiger partial charge in [0.25, 0.3) is 0 Å². The van der Waals surface area contributed by atoms with Gasteiger partial charge in [0.2, 0.25) is 0 Å². The molecule has 0 aromatic heterocycles. The minimum absolute atomic E-state index is 0.596. The summed E-state index contributed by atoms with van der Waals surface area (Å²) < 4.78 is 0. The van der Waals surface area contributed by atoms with Crippen molar-refractivity contribution in [2.75, 3.05) is 0 Å². The van der Waals surface area contributed by atoms with Crippen LogP contribution in [0.1, 0.15) is 59.3 Å². The summed E-state index contributed by atoms with van der Waals surface area (Å²) in [5.74, 6) is 0.948. The monoisotopic (exact) mass is 177 g/mol. The van der Waals surface area contributed by atoms with E-state index in [2.05, 4.69) is 28.1 Å². The maximum Gasteiger partial charge on any atom is 0.125 e. The topological polar surface area (TPSA) is 0 Å². The lowest BCUT2D eigenvalue weighted by Crippen LogP contribution is -2.42. The van der Waals surface area contributed by atoms with Gasteiger partial charge < -0.3 is 0 Å². The Morgan fingerprint density at radius 3 is 2.54 bits per heavy atom. The summed E-state index contributed by atoms with van der Waals surface area (Å²) in [4.78, 5) is 0. The van der Waals surface area contributed by atoms with Crippen molar-refractivity contribution in [3.05, 3.63) is 0 Å². The van der Waals surface area contributed by atoms with Gasteiger partial charge in [-0.25, -0.2) is 0 Å². The van der Waals surface area contributed by atoms with Crippen LogP contribution >= 0.6 is 0 Å². The molecule has 0 nitrogen and oxygen atoms in total. The van der Waals surface area contributed by atoms with Crippen molar-refractivity contribution >= 4 is 7.28 Å². The second kappa shape index (κ2) is 3.03. The van der Waals surface area contributed by atoms with Gasteiger partial charge in [-0.1, -0.05) is 69.9 Å². The first kappa shape index (κ1) is 9.61. The molecule has 1 saturated carbocycles. The fourth-order valence-corrected chi connectivity index (χ4v) is 3.95. The fraction of sp³-hybridized carbons (Fsp3) is 1.00. The van der Waals surface area contributed by atoms with Gasteiger partial charge in [0, 0.05) is 0 Å². The van der Waals surface area contributed by atoms with Crippen molar-refractivity contribution in [2.24, 2.45) is 5.92 Å². The maximum atomic E-state index is 2.65. The minimum Gasteiger partial charge on any atom is -0.0669 e. The highest BCUT2D eigenvalue weighted by atomic mass is 14.4. The number of fused-ring (bicyclic) bond motifs is 5.